The van der Waals surface area contributed by atoms with E-state index in [4.69, 9.17) is 25.7 Å². The molecular formula is C61H15N. The van der Waals surface area contributed by atoms with Gasteiger partial charge in [0.25, 0.3) is 0 Å². The van der Waals surface area contributed by atoms with Crippen LogP contribution in [0.1, 0.15) is 12.8 Å². The number of terminal acetylenes is 4. The minimum Gasteiger partial charge on any atom is -0.387 e. The maximum atomic E-state index is 4.99. The monoisotopic (exact) mass is 761 g/mol. The van der Waals surface area contributed by atoms with Crippen molar-refractivity contribution in [1.82, 2.24) is 5.32 Å². The summed E-state index contributed by atoms with van der Waals surface area (Å²) in [7, 11) is 0. The van der Waals surface area contributed by atoms with Crippen LogP contribution in [0.2, 0.25) is 0 Å². The van der Waals surface area contributed by atoms with Crippen molar-refractivity contribution < 1.29 is 0 Å². The smallest absolute Gasteiger partial charge is 0.0749 e. The first-order valence-electron chi connectivity index (χ1n) is 16.9. The lowest BCUT2D eigenvalue weighted by Gasteiger charge is -2.30. The van der Waals surface area contributed by atoms with E-state index in [1.807, 2.05) is 12.2 Å². The summed E-state index contributed by atoms with van der Waals surface area (Å²) >= 11 is 0. The van der Waals surface area contributed by atoms with E-state index < -0.39 is 0 Å². The number of nitrogens with one attached hydrogen (secondary N) is 1. The third kappa shape index (κ3) is 19.9. The molecule has 1 nitrogen and oxygen atoms in total. The van der Waals surface area contributed by atoms with Crippen molar-refractivity contribution in [3.63, 3.8) is 0 Å². The van der Waals surface area contributed by atoms with E-state index >= 15 is 0 Å². The molecule has 2 atom stereocenters. The lowest BCUT2D eigenvalue weighted by Crippen LogP contribution is -2.29. The third-order valence-corrected chi connectivity index (χ3v) is 6.61. The fourth-order valence-corrected chi connectivity index (χ4v) is 4.55. The summed E-state index contributed by atoms with van der Waals surface area (Å²) < 4.78 is 0. The largest absolute Gasteiger partial charge is 0.387 e. The topological polar surface area (TPSA) is 12.0 Å². The van der Waals surface area contributed by atoms with E-state index in [1.54, 1.807) is 0 Å². The first kappa shape index (κ1) is 46.2. The molecule has 0 fully saturated rings. The Morgan fingerprint density at radius 3 is 1.05 bits per heavy atom. The minimum atomic E-state index is -0.360. The number of hydrogen-bond donors (Lipinski definition) is 1. The quantitative estimate of drug-likeness (QED) is 0.375. The van der Waals surface area contributed by atoms with Gasteiger partial charge in [-0.05, 0) is 273 Å². The van der Waals surface area contributed by atoms with E-state index in [9.17, 15) is 0 Å². The molecule has 0 aromatic heterocycles. The molecule has 0 aromatic carbocycles. The lowest BCUT2D eigenvalue weighted by atomic mass is 9.72. The number of hydrogen-bond acceptors (Lipinski definition) is 1. The van der Waals surface area contributed by atoms with Crippen LogP contribution in [0.5, 0.6) is 0 Å². The van der Waals surface area contributed by atoms with Crippen molar-refractivity contribution in [2.45, 2.75) is 12.8 Å². The lowest BCUT2D eigenvalue weighted by molar-refractivity contribution is 0.415. The second kappa shape index (κ2) is 32.5. The van der Waals surface area contributed by atoms with Crippen LogP contribution in [0.15, 0.2) is 35.1 Å². The summed E-state index contributed by atoms with van der Waals surface area (Å²) in [4.78, 5) is 0. The molecule has 1 heterocycles. The summed E-state index contributed by atoms with van der Waals surface area (Å²) in [5, 5.41) is 3.51. The maximum absolute atomic E-state index is 4.99. The zero-order chi connectivity index (χ0) is 44.3. The average molecular weight is 762 g/mol. The highest BCUT2D eigenvalue weighted by molar-refractivity contribution is 5.58. The first-order chi connectivity index (χ1) is 30.7. The Labute approximate surface area is 367 Å². The molecule has 2 unspecified atom stereocenters. The molecule has 62 heavy (non-hydrogen) atoms. The molecule has 3 rings (SSSR count). The van der Waals surface area contributed by atoms with Gasteiger partial charge in [0.05, 0.1) is 5.92 Å². The normalized spacial score (nSPS) is 11.8. The van der Waals surface area contributed by atoms with E-state index in [0.717, 1.165) is 30.7 Å². The van der Waals surface area contributed by atoms with Crippen LogP contribution in [0.4, 0.5) is 0 Å². The third-order valence-electron chi connectivity index (χ3n) is 6.61. The SMILES string of the molecule is C#CC#CC#CC#CC#CC#CC#C.C#CC#CC#CC#CC#CC#CC#CC#CC#CC#CC1=CC=CC12CC1=C(NCC1)C2C#CC#CC#CC#CC#CC#CC#CC#C. The highest BCUT2D eigenvalue weighted by Crippen LogP contribution is 2.55. The van der Waals surface area contributed by atoms with Crippen molar-refractivity contribution >= 4 is 0 Å². The molecule has 0 amide bonds. The molecular weight excluding hydrogens is 747 g/mol. The molecule has 1 spiro atoms. The summed E-state index contributed by atoms with van der Waals surface area (Å²) in [6.07, 6.45) is 27.7. The van der Waals surface area contributed by atoms with Crippen molar-refractivity contribution in [2.75, 3.05) is 6.54 Å². The highest BCUT2D eigenvalue weighted by Gasteiger charge is 2.49. The Morgan fingerprint density at radius 1 is 0.403 bits per heavy atom. The molecule has 0 radical (unpaired) electrons. The predicted molar refractivity (Wildman–Crippen MR) is 246 cm³/mol. The molecule has 1 heteroatoms. The molecule has 3 aliphatic rings. The average Bonchev–Trinajstić information content (AvgIpc) is 3.99. The Morgan fingerprint density at radius 2 is 0.710 bits per heavy atom. The van der Waals surface area contributed by atoms with Gasteiger partial charge in [-0.1, -0.05) is 24.0 Å². The molecule has 1 N–H and O–H groups in total. The van der Waals surface area contributed by atoms with E-state index in [-0.39, 0.29) is 11.3 Å². The second-order valence-corrected chi connectivity index (χ2v) is 10.1. The van der Waals surface area contributed by atoms with Crippen LogP contribution >= 0.6 is 0 Å². The molecule has 2 aliphatic carbocycles. The standard InChI is InChI=1S/C47H13N.C14H2/c1-3-5-7-9-11-13-15-17-19-20-21-22-23-25-27-29-31-33-36-44-37-35-40-47(44)42-43-39-41-48-46(43)45(47)38-34-32-30-28-26-24-18-16-14-12-10-8-6-4-2;1-3-5-7-9-11-13-14-12-10-8-6-4-2/h1-2,35,37,40,45,48H,39,41-42H2;1-2H. The fraction of sp³-hybridized carbons (Fsp3) is 0.0820. The minimum absolute atomic E-state index is 0.105. The zero-order valence-corrected chi connectivity index (χ0v) is 32.2. The van der Waals surface area contributed by atoms with Gasteiger partial charge < -0.3 is 5.32 Å². The van der Waals surface area contributed by atoms with Gasteiger partial charge >= 0.3 is 0 Å². The van der Waals surface area contributed by atoms with Crippen LogP contribution in [0.25, 0.3) is 0 Å². The molecule has 0 aromatic rings. The molecule has 0 saturated carbocycles. The van der Waals surface area contributed by atoms with Crippen LogP contribution < -0.4 is 5.32 Å². The summed E-state index contributed by atoms with van der Waals surface area (Å²) in [5.41, 5.74) is 3.10. The molecule has 1 aliphatic heterocycles. The van der Waals surface area contributed by atoms with Gasteiger partial charge in [-0.2, -0.15) is 0 Å². The molecule has 0 saturated heterocycles. The first-order valence-corrected chi connectivity index (χ1v) is 16.9. The number of rotatable bonds is 0. The van der Waals surface area contributed by atoms with Gasteiger partial charge in [0, 0.05) is 35.1 Å². The van der Waals surface area contributed by atoms with Crippen molar-refractivity contribution in [3.8, 4) is 298 Å². The summed E-state index contributed by atoms with van der Waals surface area (Å²) in [6.45, 7) is 0.900. The summed E-state index contributed by atoms with van der Waals surface area (Å²) in [5.74, 6) is 116. The van der Waals surface area contributed by atoms with Gasteiger partial charge in [-0.15, -0.1) is 25.7 Å². The van der Waals surface area contributed by atoms with Gasteiger partial charge in [0.15, 0.2) is 0 Å². The zero-order valence-electron chi connectivity index (χ0n) is 32.2. The Hall–Kier alpha value is -12.0. The Balaban J connectivity index is 0.000000807. The molecule has 264 valence electrons. The van der Waals surface area contributed by atoms with Crippen LogP contribution in [0, 0.1) is 309 Å². The van der Waals surface area contributed by atoms with Gasteiger partial charge in [-0.3, -0.25) is 0 Å². The Kier molecular flexibility index (Phi) is 24.2. The fourth-order valence-electron chi connectivity index (χ4n) is 4.55. The van der Waals surface area contributed by atoms with Crippen LogP contribution in [-0.4, -0.2) is 6.54 Å². The molecule has 0 bridgehead atoms. The van der Waals surface area contributed by atoms with Gasteiger partial charge in [0.2, 0.25) is 0 Å². The van der Waals surface area contributed by atoms with Gasteiger partial charge in [-0.25, -0.2) is 0 Å². The predicted octanol–water partition coefficient (Wildman–Crippen LogP) is 2.33. The van der Waals surface area contributed by atoms with Gasteiger partial charge in [0.1, 0.15) is 0 Å². The van der Waals surface area contributed by atoms with Crippen LogP contribution in [0.3, 0.4) is 0 Å². The summed E-state index contributed by atoms with van der Waals surface area (Å²) in [6, 6.07) is 0. The Bertz CT molecular complexity index is 3580. The van der Waals surface area contributed by atoms with E-state index in [2.05, 4.69) is 284 Å². The van der Waals surface area contributed by atoms with Crippen molar-refractivity contribution in [1.29, 1.82) is 0 Å². The highest BCUT2D eigenvalue weighted by atomic mass is 14.9. The van der Waals surface area contributed by atoms with Crippen molar-refractivity contribution in [2.24, 2.45) is 11.3 Å². The van der Waals surface area contributed by atoms with Crippen molar-refractivity contribution in [3.05, 3.63) is 35.1 Å². The van der Waals surface area contributed by atoms with E-state index in [0.29, 0.717) is 0 Å². The van der Waals surface area contributed by atoms with Crippen LogP contribution in [-0.2, 0) is 0 Å². The number of allylic oxidation sites excluding steroid dienone is 5. The second-order valence-electron chi connectivity index (χ2n) is 10.1. The van der Waals surface area contributed by atoms with E-state index in [1.165, 1.54) is 5.57 Å². The maximum Gasteiger partial charge on any atom is 0.0749 e.